The fourth-order valence-corrected chi connectivity index (χ4v) is 10.5. The SMILES string of the molecule is CC1(C)c2ccccc2-c2c(N(c3ccc(-c4ccc5c6ccccc6n(-c6ccccc6)c5c4)cc3)c3ccccc3-c3cccc4cccc(-c5ccccc5)c34)cccc21. The van der Waals surface area contributed by atoms with Crippen LogP contribution in [0, 0.1) is 0 Å². The molecule has 0 spiro atoms. The first-order chi connectivity index (χ1) is 31.0. The van der Waals surface area contributed by atoms with Crippen LogP contribution in [-0.4, -0.2) is 4.57 Å². The fourth-order valence-electron chi connectivity index (χ4n) is 10.5. The molecule has 1 aromatic heterocycles. The van der Waals surface area contributed by atoms with Crippen molar-refractivity contribution in [2.24, 2.45) is 0 Å². The Hall–Kier alpha value is -7.94. The summed E-state index contributed by atoms with van der Waals surface area (Å²) in [5.41, 5.74) is 19.3. The van der Waals surface area contributed by atoms with E-state index in [1.165, 1.54) is 93.9 Å². The predicted molar refractivity (Wildman–Crippen MR) is 267 cm³/mol. The van der Waals surface area contributed by atoms with E-state index in [1.54, 1.807) is 0 Å². The van der Waals surface area contributed by atoms with Crippen LogP contribution in [0.25, 0.3) is 82.8 Å². The van der Waals surface area contributed by atoms with Crippen molar-refractivity contribution in [1.29, 1.82) is 0 Å². The molecule has 11 aromatic rings. The maximum absolute atomic E-state index is 2.51. The summed E-state index contributed by atoms with van der Waals surface area (Å²) >= 11 is 0. The summed E-state index contributed by atoms with van der Waals surface area (Å²) < 4.78 is 2.40. The molecule has 12 rings (SSSR count). The van der Waals surface area contributed by atoms with Gasteiger partial charge < -0.3 is 9.47 Å². The van der Waals surface area contributed by atoms with Crippen LogP contribution < -0.4 is 4.90 Å². The molecule has 0 bridgehead atoms. The molecule has 298 valence electrons. The number of nitrogens with zero attached hydrogens (tertiary/aromatic N) is 2. The molecule has 63 heavy (non-hydrogen) atoms. The Bertz CT molecular complexity index is 3520. The molecule has 0 saturated carbocycles. The molecule has 0 atom stereocenters. The zero-order valence-corrected chi connectivity index (χ0v) is 35.3. The van der Waals surface area contributed by atoms with Crippen molar-refractivity contribution in [3.05, 3.63) is 242 Å². The largest absolute Gasteiger partial charge is 0.309 e. The number of fused-ring (bicyclic) bond motifs is 7. The Kier molecular flexibility index (Phi) is 8.55. The lowest BCUT2D eigenvalue weighted by molar-refractivity contribution is 0.660. The van der Waals surface area contributed by atoms with Gasteiger partial charge in [-0.3, -0.25) is 0 Å². The number of hydrogen-bond acceptors (Lipinski definition) is 1. The van der Waals surface area contributed by atoms with Crippen LogP contribution in [-0.2, 0) is 5.41 Å². The van der Waals surface area contributed by atoms with Crippen molar-refractivity contribution in [1.82, 2.24) is 4.57 Å². The quantitative estimate of drug-likeness (QED) is 0.156. The second-order valence-electron chi connectivity index (χ2n) is 17.3. The number of para-hydroxylation sites is 3. The molecule has 0 N–H and O–H groups in total. The summed E-state index contributed by atoms with van der Waals surface area (Å²) in [5.74, 6) is 0. The van der Waals surface area contributed by atoms with E-state index in [9.17, 15) is 0 Å². The van der Waals surface area contributed by atoms with Gasteiger partial charge in [0.15, 0.2) is 0 Å². The van der Waals surface area contributed by atoms with Gasteiger partial charge in [0, 0.05) is 38.7 Å². The molecule has 0 aliphatic heterocycles. The third kappa shape index (κ3) is 5.86. The van der Waals surface area contributed by atoms with E-state index in [4.69, 9.17) is 0 Å². The zero-order chi connectivity index (χ0) is 42.1. The van der Waals surface area contributed by atoms with E-state index in [-0.39, 0.29) is 5.41 Å². The lowest BCUT2D eigenvalue weighted by Crippen LogP contribution is -2.16. The highest BCUT2D eigenvalue weighted by atomic mass is 15.1. The average Bonchev–Trinajstić information content (AvgIpc) is 3.80. The molecule has 1 aliphatic rings. The highest BCUT2D eigenvalue weighted by Crippen LogP contribution is 2.55. The first-order valence-corrected chi connectivity index (χ1v) is 21.9. The Morgan fingerprint density at radius 3 is 1.78 bits per heavy atom. The van der Waals surface area contributed by atoms with E-state index in [1.807, 2.05) is 0 Å². The first-order valence-electron chi connectivity index (χ1n) is 21.9. The summed E-state index contributed by atoms with van der Waals surface area (Å²) in [6.45, 7) is 4.73. The Morgan fingerprint density at radius 2 is 0.968 bits per heavy atom. The third-order valence-corrected chi connectivity index (χ3v) is 13.4. The minimum atomic E-state index is -0.141. The van der Waals surface area contributed by atoms with Gasteiger partial charge in [-0.25, -0.2) is 0 Å². The van der Waals surface area contributed by atoms with Crippen LogP contribution in [0.2, 0.25) is 0 Å². The lowest BCUT2D eigenvalue weighted by Gasteiger charge is -2.31. The number of hydrogen-bond donors (Lipinski definition) is 0. The Labute approximate surface area is 368 Å². The fraction of sp³-hybridized carbons (Fsp3) is 0.0492. The van der Waals surface area contributed by atoms with E-state index < -0.39 is 0 Å². The number of anilines is 3. The second-order valence-corrected chi connectivity index (χ2v) is 17.3. The second kappa shape index (κ2) is 14.6. The van der Waals surface area contributed by atoms with Gasteiger partial charge in [-0.05, 0) is 104 Å². The normalized spacial score (nSPS) is 12.7. The summed E-state index contributed by atoms with van der Waals surface area (Å²) in [7, 11) is 0. The van der Waals surface area contributed by atoms with E-state index in [0.29, 0.717) is 0 Å². The molecule has 0 saturated heterocycles. The highest BCUT2D eigenvalue weighted by molar-refractivity contribution is 6.11. The van der Waals surface area contributed by atoms with Crippen molar-refractivity contribution in [2.45, 2.75) is 19.3 Å². The summed E-state index contributed by atoms with van der Waals surface area (Å²) in [5, 5.41) is 4.98. The minimum Gasteiger partial charge on any atom is -0.309 e. The smallest absolute Gasteiger partial charge is 0.0547 e. The van der Waals surface area contributed by atoms with Gasteiger partial charge in [0.05, 0.1) is 22.4 Å². The highest BCUT2D eigenvalue weighted by Gasteiger charge is 2.38. The number of rotatable bonds is 7. The van der Waals surface area contributed by atoms with Gasteiger partial charge in [-0.1, -0.05) is 196 Å². The van der Waals surface area contributed by atoms with Crippen molar-refractivity contribution >= 4 is 49.6 Å². The Morgan fingerprint density at radius 1 is 0.381 bits per heavy atom. The molecule has 1 aliphatic carbocycles. The van der Waals surface area contributed by atoms with Crippen LogP contribution in [0.15, 0.2) is 231 Å². The first kappa shape index (κ1) is 36.9. The molecule has 2 heteroatoms. The van der Waals surface area contributed by atoms with E-state index >= 15 is 0 Å². The van der Waals surface area contributed by atoms with Crippen LogP contribution in [0.1, 0.15) is 25.0 Å². The topological polar surface area (TPSA) is 8.17 Å². The maximum Gasteiger partial charge on any atom is 0.0547 e. The molecule has 0 radical (unpaired) electrons. The molecular weight excluding hydrogens is 761 g/mol. The monoisotopic (exact) mass is 804 g/mol. The van der Waals surface area contributed by atoms with Crippen molar-refractivity contribution in [3.63, 3.8) is 0 Å². The molecule has 2 nitrogen and oxygen atoms in total. The van der Waals surface area contributed by atoms with Gasteiger partial charge >= 0.3 is 0 Å². The zero-order valence-electron chi connectivity index (χ0n) is 35.3. The van der Waals surface area contributed by atoms with Crippen molar-refractivity contribution in [2.75, 3.05) is 4.90 Å². The lowest BCUT2D eigenvalue weighted by atomic mass is 9.82. The van der Waals surface area contributed by atoms with Crippen molar-refractivity contribution in [3.8, 4) is 50.2 Å². The predicted octanol–water partition coefficient (Wildman–Crippen LogP) is 16.7. The molecule has 1 heterocycles. The maximum atomic E-state index is 2.51. The van der Waals surface area contributed by atoms with Gasteiger partial charge in [0.25, 0.3) is 0 Å². The third-order valence-electron chi connectivity index (χ3n) is 13.4. The molecule has 0 fully saturated rings. The van der Waals surface area contributed by atoms with Crippen LogP contribution in [0.3, 0.4) is 0 Å². The van der Waals surface area contributed by atoms with Crippen molar-refractivity contribution < 1.29 is 0 Å². The van der Waals surface area contributed by atoms with E-state index in [2.05, 4.69) is 254 Å². The van der Waals surface area contributed by atoms with Crippen LogP contribution in [0.4, 0.5) is 17.1 Å². The molecular formula is C61H44N2. The van der Waals surface area contributed by atoms with Crippen LogP contribution >= 0.6 is 0 Å². The number of aromatic nitrogens is 1. The average molecular weight is 805 g/mol. The molecule has 0 unspecified atom stereocenters. The van der Waals surface area contributed by atoms with Crippen LogP contribution in [0.5, 0.6) is 0 Å². The molecule has 0 amide bonds. The summed E-state index contributed by atoms with van der Waals surface area (Å²) in [4.78, 5) is 2.51. The van der Waals surface area contributed by atoms with Gasteiger partial charge in [0.2, 0.25) is 0 Å². The van der Waals surface area contributed by atoms with Gasteiger partial charge in [-0.2, -0.15) is 0 Å². The number of benzene rings is 10. The van der Waals surface area contributed by atoms with Gasteiger partial charge in [0.1, 0.15) is 0 Å². The molecule has 10 aromatic carbocycles. The standard InChI is InChI=1S/C61H44N2/c1-61(2)53-29-12-9-26-52(53)60-54(61)30-17-33-57(60)62(56-32-14-11-25-49(56)51-28-16-21-43-20-15-27-47(59(43)51)42-18-5-3-6-19-42)46-37-34-41(35-38-46)44-36-39-50-48-24-10-13-31-55(48)63(58(50)40-44)45-22-7-4-8-23-45/h3-40H,1-2H3. The Balaban J connectivity index is 1.07. The van der Waals surface area contributed by atoms with E-state index in [0.717, 1.165) is 17.1 Å². The summed E-state index contributed by atoms with van der Waals surface area (Å²) in [6.07, 6.45) is 0. The minimum absolute atomic E-state index is 0.141. The summed E-state index contributed by atoms with van der Waals surface area (Å²) in [6, 6.07) is 84.7. The van der Waals surface area contributed by atoms with Gasteiger partial charge in [-0.15, -0.1) is 0 Å².